The summed E-state index contributed by atoms with van der Waals surface area (Å²) >= 11 is 0. The summed E-state index contributed by atoms with van der Waals surface area (Å²) in [5.74, 6) is -3.10. The second kappa shape index (κ2) is 5.33. The van der Waals surface area contributed by atoms with E-state index in [1.807, 2.05) is 6.92 Å². The third kappa shape index (κ3) is 2.05. The number of alkyl halides is 3. The SMILES string of the molecule is C[C@@H]1[C@@H](N)C2(C)OC1(C)[C@@H]1C(=O)N(c3ccc(C#N)c(C(F)(F)F)c3)C(=O)[C@@H]12. The van der Waals surface area contributed by atoms with Crippen LogP contribution in [0.25, 0.3) is 0 Å². The number of nitriles is 1. The van der Waals surface area contributed by atoms with Crippen molar-refractivity contribution in [3.05, 3.63) is 29.3 Å². The van der Waals surface area contributed by atoms with Crippen molar-refractivity contribution in [1.82, 2.24) is 0 Å². The van der Waals surface area contributed by atoms with Crippen LogP contribution in [0, 0.1) is 29.1 Å². The number of amides is 2. The van der Waals surface area contributed by atoms with Crippen LogP contribution in [-0.4, -0.2) is 29.1 Å². The van der Waals surface area contributed by atoms with Gasteiger partial charge in [-0.25, -0.2) is 4.90 Å². The van der Waals surface area contributed by atoms with Crippen molar-refractivity contribution in [2.24, 2.45) is 23.5 Å². The number of halogens is 3. The normalized spacial score (nSPS) is 39.4. The number of rotatable bonds is 1. The standard InChI is InChI=1S/C19H18F3N3O3/c1-8-14(24)18(3)13-12(17(8,2)28-18)15(26)25(16(13)27)10-5-4-9(7-23)11(6-10)19(20,21)22/h4-6,8,12-14H,24H2,1-3H3/t8-,12+,13-,14-,17?,18?/m1/s1. The van der Waals surface area contributed by atoms with E-state index in [9.17, 15) is 22.8 Å². The fourth-order valence-corrected chi connectivity index (χ4v) is 5.19. The summed E-state index contributed by atoms with van der Waals surface area (Å²) in [7, 11) is 0. The van der Waals surface area contributed by atoms with Crippen molar-refractivity contribution in [2.45, 2.75) is 44.2 Å². The molecule has 3 saturated heterocycles. The Kier molecular flexibility index (Phi) is 3.60. The molecule has 3 aliphatic rings. The number of nitrogens with zero attached hydrogens (tertiary/aromatic N) is 2. The van der Waals surface area contributed by atoms with E-state index in [4.69, 9.17) is 15.7 Å². The average molecular weight is 393 g/mol. The van der Waals surface area contributed by atoms with Gasteiger partial charge < -0.3 is 10.5 Å². The quantitative estimate of drug-likeness (QED) is 0.738. The molecule has 2 amide bonds. The molecule has 6 atom stereocenters. The van der Waals surface area contributed by atoms with Gasteiger partial charge in [0.2, 0.25) is 11.8 Å². The topological polar surface area (TPSA) is 96.4 Å². The minimum atomic E-state index is -4.79. The summed E-state index contributed by atoms with van der Waals surface area (Å²) in [5.41, 5.74) is 2.25. The van der Waals surface area contributed by atoms with Crippen LogP contribution in [0.5, 0.6) is 0 Å². The Bertz CT molecular complexity index is 918. The zero-order valence-corrected chi connectivity index (χ0v) is 15.4. The maximum atomic E-state index is 13.3. The van der Waals surface area contributed by atoms with Crippen molar-refractivity contribution in [3.8, 4) is 6.07 Å². The van der Waals surface area contributed by atoms with E-state index in [2.05, 4.69) is 0 Å². The summed E-state index contributed by atoms with van der Waals surface area (Å²) < 4.78 is 46.0. The maximum Gasteiger partial charge on any atom is 0.417 e. The van der Waals surface area contributed by atoms with Gasteiger partial charge in [-0.1, -0.05) is 6.92 Å². The molecule has 9 heteroatoms. The highest BCUT2D eigenvalue weighted by Gasteiger charge is 2.77. The summed E-state index contributed by atoms with van der Waals surface area (Å²) in [6.45, 7) is 5.25. The molecule has 1 aromatic carbocycles. The van der Waals surface area contributed by atoms with E-state index < -0.39 is 58.2 Å². The van der Waals surface area contributed by atoms with E-state index in [0.29, 0.717) is 6.07 Å². The van der Waals surface area contributed by atoms with Crippen molar-refractivity contribution in [2.75, 3.05) is 4.90 Å². The third-order valence-corrected chi connectivity index (χ3v) is 6.77. The Balaban J connectivity index is 1.82. The molecule has 148 valence electrons. The summed E-state index contributed by atoms with van der Waals surface area (Å²) in [4.78, 5) is 27.1. The van der Waals surface area contributed by atoms with Gasteiger partial charge in [0.1, 0.15) is 0 Å². The number of imide groups is 1. The fraction of sp³-hybridized carbons (Fsp3) is 0.526. The Morgan fingerprint density at radius 1 is 1.18 bits per heavy atom. The molecule has 6 nitrogen and oxygen atoms in total. The van der Waals surface area contributed by atoms with E-state index in [-0.39, 0.29) is 11.6 Å². The molecule has 0 aromatic heterocycles. The van der Waals surface area contributed by atoms with Crippen LogP contribution < -0.4 is 10.6 Å². The number of ether oxygens (including phenoxy) is 1. The maximum absolute atomic E-state index is 13.3. The first kappa shape index (κ1) is 18.9. The van der Waals surface area contributed by atoms with Crippen LogP contribution in [0.4, 0.5) is 18.9 Å². The van der Waals surface area contributed by atoms with Gasteiger partial charge in [0.25, 0.3) is 0 Å². The highest BCUT2D eigenvalue weighted by Crippen LogP contribution is 2.62. The van der Waals surface area contributed by atoms with E-state index in [1.165, 1.54) is 12.1 Å². The predicted octanol–water partition coefficient (Wildman–Crippen LogP) is 2.21. The molecule has 4 rings (SSSR count). The molecule has 2 bridgehead atoms. The zero-order valence-electron chi connectivity index (χ0n) is 15.4. The van der Waals surface area contributed by atoms with E-state index >= 15 is 0 Å². The van der Waals surface area contributed by atoms with Crippen molar-refractivity contribution >= 4 is 17.5 Å². The summed E-state index contributed by atoms with van der Waals surface area (Å²) in [5, 5.41) is 8.95. The first-order valence-corrected chi connectivity index (χ1v) is 8.83. The van der Waals surface area contributed by atoms with Crippen LogP contribution >= 0.6 is 0 Å². The molecule has 3 aliphatic heterocycles. The second-order valence-electron chi connectivity index (χ2n) is 8.09. The lowest BCUT2D eigenvalue weighted by atomic mass is 9.62. The zero-order chi connectivity index (χ0) is 20.8. The number of hydrogen-bond acceptors (Lipinski definition) is 5. The Morgan fingerprint density at radius 2 is 1.75 bits per heavy atom. The molecule has 3 fully saturated rings. The number of carbonyl (C=O) groups excluding carboxylic acids is 2. The van der Waals surface area contributed by atoms with E-state index in [0.717, 1.165) is 11.0 Å². The molecule has 0 spiro atoms. The van der Waals surface area contributed by atoms with Gasteiger partial charge in [-0.15, -0.1) is 0 Å². The Hall–Kier alpha value is -2.44. The number of anilines is 1. The van der Waals surface area contributed by atoms with Crippen LogP contribution in [-0.2, 0) is 20.5 Å². The van der Waals surface area contributed by atoms with Gasteiger partial charge in [-0.3, -0.25) is 9.59 Å². The van der Waals surface area contributed by atoms with Crippen LogP contribution in [0.2, 0.25) is 0 Å². The third-order valence-electron chi connectivity index (χ3n) is 6.77. The highest BCUT2D eigenvalue weighted by atomic mass is 19.4. The molecule has 0 saturated carbocycles. The molecule has 0 aliphatic carbocycles. The van der Waals surface area contributed by atoms with Gasteiger partial charge in [-0.2, -0.15) is 18.4 Å². The lowest BCUT2D eigenvalue weighted by Gasteiger charge is -2.37. The number of carbonyl (C=O) groups is 2. The molecule has 0 radical (unpaired) electrons. The molecule has 2 unspecified atom stereocenters. The first-order chi connectivity index (χ1) is 12.9. The van der Waals surface area contributed by atoms with Gasteiger partial charge in [0.05, 0.1) is 45.9 Å². The van der Waals surface area contributed by atoms with Crippen molar-refractivity contribution in [1.29, 1.82) is 5.26 Å². The van der Waals surface area contributed by atoms with Crippen LogP contribution in [0.15, 0.2) is 18.2 Å². The summed E-state index contributed by atoms with van der Waals surface area (Å²) in [6.07, 6.45) is -4.79. The average Bonchev–Trinajstić information content (AvgIpc) is 3.10. The predicted molar refractivity (Wildman–Crippen MR) is 90.7 cm³/mol. The molecule has 3 heterocycles. The number of fused-ring (bicyclic) bond motifs is 5. The summed E-state index contributed by atoms with van der Waals surface area (Å²) in [6, 6.07) is 3.82. The molecule has 1 aromatic rings. The molecule has 2 N–H and O–H groups in total. The Morgan fingerprint density at radius 3 is 2.29 bits per heavy atom. The molecular formula is C19H18F3N3O3. The minimum absolute atomic E-state index is 0.205. The van der Waals surface area contributed by atoms with Crippen LogP contribution in [0.3, 0.4) is 0 Å². The van der Waals surface area contributed by atoms with Gasteiger partial charge in [0.15, 0.2) is 0 Å². The molecule has 28 heavy (non-hydrogen) atoms. The fourth-order valence-electron chi connectivity index (χ4n) is 5.19. The second-order valence-corrected chi connectivity index (χ2v) is 8.09. The van der Waals surface area contributed by atoms with Gasteiger partial charge >= 0.3 is 6.18 Å². The van der Waals surface area contributed by atoms with Gasteiger partial charge in [0, 0.05) is 12.0 Å². The van der Waals surface area contributed by atoms with E-state index in [1.54, 1.807) is 13.8 Å². The smallest absolute Gasteiger partial charge is 0.365 e. The first-order valence-electron chi connectivity index (χ1n) is 8.83. The number of hydrogen-bond donors (Lipinski definition) is 1. The Labute approximate surface area is 159 Å². The monoisotopic (exact) mass is 393 g/mol. The highest BCUT2D eigenvalue weighted by molar-refractivity contribution is 6.23. The number of benzene rings is 1. The lowest BCUT2D eigenvalue weighted by molar-refractivity contribution is -0.138. The minimum Gasteiger partial charge on any atom is -0.365 e. The molecular weight excluding hydrogens is 375 g/mol. The van der Waals surface area contributed by atoms with Crippen molar-refractivity contribution in [3.63, 3.8) is 0 Å². The van der Waals surface area contributed by atoms with Crippen molar-refractivity contribution < 1.29 is 27.5 Å². The number of nitrogens with two attached hydrogens (primary N) is 1. The lowest BCUT2D eigenvalue weighted by Crippen LogP contribution is -2.57. The van der Waals surface area contributed by atoms with Crippen LogP contribution in [0.1, 0.15) is 31.9 Å². The van der Waals surface area contributed by atoms with Gasteiger partial charge in [-0.05, 0) is 32.0 Å². The largest absolute Gasteiger partial charge is 0.417 e.